The van der Waals surface area contributed by atoms with Crippen molar-refractivity contribution >= 4 is 5.97 Å². The maximum atomic E-state index is 11.0. The highest BCUT2D eigenvalue weighted by atomic mass is 16.5. The topological polar surface area (TPSA) is 26.3 Å². The normalized spacial score (nSPS) is 11.0. The summed E-state index contributed by atoms with van der Waals surface area (Å²) < 4.78 is 4.84. The summed E-state index contributed by atoms with van der Waals surface area (Å²) in [4.78, 5) is 11.0. The predicted molar refractivity (Wildman–Crippen MR) is 77.6 cm³/mol. The average molecular weight is 254 g/mol. The Kier molecular flexibility index (Phi) is 13.6. The smallest absolute Gasteiger partial charge is 0.309 e. The maximum Gasteiger partial charge on any atom is 0.309 e. The minimum Gasteiger partial charge on any atom is -0.466 e. The van der Waals surface area contributed by atoms with Crippen LogP contribution in [0.4, 0.5) is 0 Å². The summed E-state index contributed by atoms with van der Waals surface area (Å²) in [5.41, 5.74) is 0. The molecule has 0 unspecified atom stereocenters. The number of hydrogen-bond acceptors (Lipinski definition) is 2. The summed E-state index contributed by atoms with van der Waals surface area (Å²) in [6, 6.07) is 0. The number of unbranched alkanes of at least 4 members (excludes halogenated alkanes) is 8. The molecule has 106 valence electrons. The number of esters is 1. The third-order valence-electron chi connectivity index (χ3n) is 2.98. The van der Waals surface area contributed by atoms with Crippen molar-refractivity contribution in [2.24, 2.45) is 0 Å². The molecule has 2 nitrogen and oxygen atoms in total. The van der Waals surface area contributed by atoms with E-state index in [1.54, 1.807) is 0 Å². The van der Waals surface area contributed by atoms with Gasteiger partial charge in [0.1, 0.15) is 0 Å². The molecule has 0 aromatic carbocycles. The second kappa shape index (κ2) is 14.3. The third kappa shape index (κ3) is 13.3. The zero-order chi connectivity index (χ0) is 13.5. The van der Waals surface area contributed by atoms with E-state index in [0.29, 0.717) is 13.0 Å². The SMILES string of the molecule is CCCCCCCCCC/C=C\CC(=O)OCC. The van der Waals surface area contributed by atoms with Crippen LogP contribution in [0.25, 0.3) is 0 Å². The lowest BCUT2D eigenvalue weighted by Crippen LogP contribution is -2.01. The van der Waals surface area contributed by atoms with E-state index in [0.717, 1.165) is 6.42 Å². The molecule has 0 aliphatic rings. The highest BCUT2D eigenvalue weighted by Gasteiger charge is 1.95. The molecule has 0 aliphatic heterocycles. The van der Waals surface area contributed by atoms with Crippen molar-refractivity contribution in [1.82, 2.24) is 0 Å². The molecule has 0 fully saturated rings. The Morgan fingerprint density at radius 1 is 0.889 bits per heavy atom. The Hall–Kier alpha value is -0.790. The van der Waals surface area contributed by atoms with Gasteiger partial charge in [-0.15, -0.1) is 0 Å². The third-order valence-corrected chi connectivity index (χ3v) is 2.98. The van der Waals surface area contributed by atoms with Crippen molar-refractivity contribution in [2.45, 2.75) is 78.1 Å². The van der Waals surface area contributed by atoms with Crippen molar-refractivity contribution in [3.63, 3.8) is 0 Å². The van der Waals surface area contributed by atoms with Gasteiger partial charge in [-0.3, -0.25) is 4.79 Å². The van der Waals surface area contributed by atoms with E-state index >= 15 is 0 Å². The second-order valence-corrected chi connectivity index (χ2v) is 4.74. The van der Waals surface area contributed by atoms with Gasteiger partial charge in [0.25, 0.3) is 0 Å². The van der Waals surface area contributed by atoms with Gasteiger partial charge in [0.15, 0.2) is 0 Å². The first-order valence-corrected chi connectivity index (χ1v) is 7.61. The van der Waals surface area contributed by atoms with Gasteiger partial charge in [0, 0.05) is 0 Å². The fraction of sp³-hybridized carbons (Fsp3) is 0.812. The van der Waals surface area contributed by atoms with Gasteiger partial charge in [-0.1, -0.05) is 64.0 Å². The Balaban J connectivity index is 3.15. The van der Waals surface area contributed by atoms with E-state index in [4.69, 9.17) is 4.74 Å². The largest absolute Gasteiger partial charge is 0.466 e. The molecule has 0 heterocycles. The molecule has 0 aromatic rings. The Morgan fingerprint density at radius 3 is 2.11 bits per heavy atom. The molecular weight excluding hydrogens is 224 g/mol. The molecule has 0 spiro atoms. The highest BCUT2D eigenvalue weighted by molar-refractivity contribution is 5.71. The van der Waals surface area contributed by atoms with Crippen molar-refractivity contribution < 1.29 is 9.53 Å². The number of allylic oxidation sites excluding steroid dienone is 1. The van der Waals surface area contributed by atoms with Crippen LogP contribution >= 0.6 is 0 Å². The first-order valence-electron chi connectivity index (χ1n) is 7.61. The van der Waals surface area contributed by atoms with Crippen LogP contribution in [0.5, 0.6) is 0 Å². The summed E-state index contributed by atoms with van der Waals surface area (Å²) in [6.07, 6.45) is 16.3. The lowest BCUT2D eigenvalue weighted by molar-refractivity contribution is -0.142. The van der Waals surface area contributed by atoms with Crippen LogP contribution in [-0.4, -0.2) is 12.6 Å². The quantitative estimate of drug-likeness (QED) is 0.277. The van der Waals surface area contributed by atoms with Crippen LogP contribution in [-0.2, 0) is 9.53 Å². The Morgan fingerprint density at radius 2 is 1.50 bits per heavy atom. The van der Waals surface area contributed by atoms with Gasteiger partial charge in [-0.05, 0) is 19.8 Å². The van der Waals surface area contributed by atoms with E-state index in [1.807, 2.05) is 13.0 Å². The second-order valence-electron chi connectivity index (χ2n) is 4.74. The molecule has 0 amide bonds. The molecule has 0 bridgehead atoms. The summed E-state index contributed by atoms with van der Waals surface area (Å²) in [5.74, 6) is -0.121. The average Bonchev–Trinajstić information content (AvgIpc) is 2.36. The minimum atomic E-state index is -0.121. The first-order chi connectivity index (χ1) is 8.81. The van der Waals surface area contributed by atoms with Gasteiger partial charge in [-0.25, -0.2) is 0 Å². The number of carbonyl (C=O) groups excluding carboxylic acids is 1. The van der Waals surface area contributed by atoms with E-state index in [-0.39, 0.29) is 5.97 Å². The Labute approximate surface area is 113 Å². The lowest BCUT2D eigenvalue weighted by atomic mass is 10.1. The monoisotopic (exact) mass is 254 g/mol. The molecule has 0 saturated heterocycles. The zero-order valence-corrected chi connectivity index (χ0v) is 12.2. The maximum absolute atomic E-state index is 11.0. The lowest BCUT2D eigenvalue weighted by Gasteiger charge is -2.00. The number of ether oxygens (including phenoxy) is 1. The molecule has 2 heteroatoms. The van der Waals surface area contributed by atoms with Crippen LogP contribution in [0, 0.1) is 0 Å². The van der Waals surface area contributed by atoms with Crippen molar-refractivity contribution in [1.29, 1.82) is 0 Å². The van der Waals surface area contributed by atoms with Gasteiger partial charge in [0.2, 0.25) is 0 Å². The van der Waals surface area contributed by atoms with Gasteiger partial charge < -0.3 is 4.74 Å². The van der Waals surface area contributed by atoms with Gasteiger partial charge in [0.05, 0.1) is 13.0 Å². The van der Waals surface area contributed by atoms with Crippen LogP contribution in [0.2, 0.25) is 0 Å². The number of rotatable bonds is 12. The van der Waals surface area contributed by atoms with E-state index in [9.17, 15) is 4.79 Å². The van der Waals surface area contributed by atoms with Crippen LogP contribution in [0.1, 0.15) is 78.1 Å². The molecule has 0 radical (unpaired) electrons. The number of hydrogen-bond donors (Lipinski definition) is 0. The van der Waals surface area contributed by atoms with Gasteiger partial charge in [-0.2, -0.15) is 0 Å². The summed E-state index contributed by atoms with van der Waals surface area (Å²) in [6.45, 7) is 4.56. The van der Waals surface area contributed by atoms with E-state index in [2.05, 4.69) is 13.0 Å². The standard InChI is InChI=1S/C16H30O2/c1-3-5-6-7-8-9-10-11-12-13-14-15-16(17)18-4-2/h13-14H,3-12,15H2,1-2H3/b14-13-. The van der Waals surface area contributed by atoms with Crippen LogP contribution in [0.3, 0.4) is 0 Å². The molecular formula is C16H30O2. The molecule has 0 N–H and O–H groups in total. The fourth-order valence-corrected chi connectivity index (χ4v) is 1.91. The predicted octanol–water partition coefficient (Wildman–Crippen LogP) is 5.03. The van der Waals surface area contributed by atoms with Gasteiger partial charge >= 0.3 is 5.97 Å². The van der Waals surface area contributed by atoms with Crippen LogP contribution < -0.4 is 0 Å². The molecule has 18 heavy (non-hydrogen) atoms. The molecule has 0 atom stereocenters. The van der Waals surface area contributed by atoms with Crippen molar-refractivity contribution in [3.05, 3.63) is 12.2 Å². The molecule has 0 aromatic heterocycles. The summed E-state index contributed by atoms with van der Waals surface area (Å²) in [5, 5.41) is 0. The van der Waals surface area contributed by atoms with Crippen molar-refractivity contribution in [3.8, 4) is 0 Å². The molecule has 0 aliphatic carbocycles. The summed E-state index contributed by atoms with van der Waals surface area (Å²) in [7, 11) is 0. The zero-order valence-electron chi connectivity index (χ0n) is 12.2. The highest BCUT2D eigenvalue weighted by Crippen LogP contribution is 2.09. The van der Waals surface area contributed by atoms with E-state index in [1.165, 1.54) is 51.4 Å². The van der Waals surface area contributed by atoms with Crippen molar-refractivity contribution in [2.75, 3.05) is 6.61 Å². The molecule has 0 saturated carbocycles. The minimum absolute atomic E-state index is 0.121. The van der Waals surface area contributed by atoms with Crippen LogP contribution in [0.15, 0.2) is 12.2 Å². The Bertz CT molecular complexity index is 209. The molecule has 0 rings (SSSR count). The number of carbonyl (C=O) groups is 1. The van der Waals surface area contributed by atoms with E-state index < -0.39 is 0 Å². The fourth-order valence-electron chi connectivity index (χ4n) is 1.91. The summed E-state index contributed by atoms with van der Waals surface area (Å²) >= 11 is 0. The first kappa shape index (κ1) is 17.2.